The average Bonchev–Trinajstić information content (AvgIpc) is 3.37. The van der Waals surface area contributed by atoms with E-state index in [9.17, 15) is 4.39 Å². The second-order valence-electron chi connectivity index (χ2n) is 6.01. The highest BCUT2D eigenvalue weighted by atomic mass is 35.5. The van der Waals surface area contributed by atoms with E-state index >= 15 is 0 Å². The van der Waals surface area contributed by atoms with Gasteiger partial charge in [0.1, 0.15) is 11.6 Å². The predicted octanol–water partition coefficient (Wildman–Crippen LogP) is 3.71. The van der Waals surface area contributed by atoms with Gasteiger partial charge < -0.3 is 15.4 Å². The summed E-state index contributed by atoms with van der Waals surface area (Å²) in [6.07, 6.45) is 0.834. The molecule has 0 heterocycles. The van der Waals surface area contributed by atoms with Crippen LogP contribution in [0.5, 0.6) is 5.75 Å². The van der Waals surface area contributed by atoms with Crippen molar-refractivity contribution < 1.29 is 9.13 Å². The van der Waals surface area contributed by atoms with E-state index in [2.05, 4.69) is 15.6 Å². The maximum Gasteiger partial charge on any atom is 0.191 e. The van der Waals surface area contributed by atoms with Crippen molar-refractivity contribution in [1.82, 2.24) is 10.6 Å². The molecule has 0 aliphatic heterocycles. The van der Waals surface area contributed by atoms with Gasteiger partial charge in [0.15, 0.2) is 5.96 Å². The summed E-state index contributed by atoms with van der Waals surface area (Å²) >= 11 is 6.14. The van der Waals surface area contributed by atoms with Crippen molar-refractivity contribution in [3.05, 3.63) is 64.4 Å². The van der Waals surface area contributed by atoms with Gasteiger partial charge in [-0.05, 0) is 36.2 Å². The third kappa shape index (κ3) is 4.23. The van der Waals surface area contributed by atoms with Gasteiger partial charge in [0.05, 0.1) is 7.11 Å². The largest absolute Gasteiger partial charge is 0.497 e. The minimum absolute atomic E-state index is 0.0732. The van der Waals surface area contributed by atoms with Gasteiger partial charge >= 0.3 is 0 Å². The molecule has 1 aliphatic rings. The molecule has 2 N–H and O–H groups in total. The van der Waals surface area contributed by atoms with Gasteiger partial charge in [-0.15, -0.1) is 0 Å². The van der Waals surface area contributed by atoms with E-state index in [0.717, 1.165) is 17.7 Å². The summed E-state index contributed by atoms with van der Waals surface area (Å²) in [5.41, 5.74) is 1.68. The Bertz CT molecular complexity index is 761. The molecule has 3 rings (SSSR count). The zero-order valence-electron chi connectivity index (χ0n) is 14.2. The number of nitrogens with one attached hydrogen (secondary N) is 2. The number of hydrogen-bond donors (Lipinski definition) is 2. The molecular formula is C19H21ClFN3O. The standard InChI is InChI=1S/C19H21ClFN3O/c1-22-19(23-11-12-5-3-6-13(9-12)25-2)24-17-10-14(17)18-15(20)7-4-8-16(18)21/h3-9,14,17H,10-11H2,1-2H3,(H2,22,23,24). The minimum Gasteiger partial charge on any atom is -0.497 e. The molecule has 0 amide bonds. The van der Waals surface area contributed by atoms with E-state index in [4.69, 9.17) is 16.3 Å². The summed E-state index contributed by atoms with van der Waals surface area (Å²) in [5, 5.41) is 7.07. The quantitative estimate of drug-likeness (QED) is 0.630. The molecule has 2 atom stereocenters. The molecule has 25 heavy (non-hydrogen) atoms. The van der Waals surface area contributed by atoms with Crippen LogP contribution in [0, 0.1) is 5.82 Å². The molecule has 2 aromatic rings. The molecule has 0 aromatic heterocycles. The molecule has 6 heteroatoms. The van der Waals surface area contributed by atoms with Crippen molar-refractivity contribution in [3.8, 4) is 5.75 Å². The fraction of sp³-hybridized carbons (Fsp3) is 0.316. The number of halogens is 2. The lowest BCUT2D eigenvalue weighted by Crippen LogP contribution is -2.38. The zero-order chi connectivity index (χ0) is 17.8. The lowest BCUT2D eigenvalue weighted by atomic mass is 10.1. The van der Waals surface area contributed by atoms with E-state index in [0.29, 0.717) is 23.1 Å². The Labute approximate surface area is 152 Å². The molecule has 1 fully saturated rings. The average molecular weight is 362 g/mol. The van der Waals surface area contributed by atoms with Gasteiger partial charge in [-0.25, -0.2) is 4.39 Å². The van der Waals surface area contributed by atoms with Crippen LogP contribution in [-0.2, 0) is 6.54 Å². The number of methoxy groups -OCH3 is 1. The molecule has 1 aliphatic carbocycles. The van der Waals surface area contributed by atoms with Gasteiger partial charge in [0.25, 0.3) is 0 Å². The Morgan fingerprint density at radius 3 is 2.84 bits per heavy atom. The van der Waals surface area contributed by atoms with Crippen LogP contribution in [0.25, 0.3) is 0 Å². The first kappa shape index (κ1) is 17.5. The van der Waals surface area contributed by atoms with Gasteiger partial charge in [0.2, 0.25) is 0 Å². The fourth-order valence-electron chi connectivity index (χ4n) is 2.88. The predicted molar refractivity (Wildman–Crippen MR) is 98.9 cm³/mol. The molecule has 2 unspecified atom stereocenters. The summed E-state index contributed by atoms with van der Waals surface area (Å²) < 4.78 is 19.2. The van der Waals surface area contributed by atoms with Crippen LogP contribution < -0.4 is 15.4 Å². The highest BCUT2D eigenvalue weighted by Gasteiger charge is 2.41. The summed E-state index contributed by atoms with van der Waals surface area (Å²) in [5.74, 6) is 1.33. The maximum absolute atomic E-state index is 14.0. The Kier molecular flexibility index (Phi) is 5.43. The summed E-state index contributed by atoms with van der Waals surface area (Å²) in [4.78, 5) is 4.24. The van der Waals surface area contributed by atoms with Crippen LogP contribution in [0.15, 0.2) is 47.5 Å². The van der Waals surface area contributed by atoms with Gasteiger partial charge in [-0.3, -0.25) is 4.99 Å². The first-order valence-electron chi connectivity index (χ1n) is 8.16. The van der Waals surface area contributed by atoms with Gasteiger partial charge in [0, 0.05) is 36.1 Å². The highest BCUT2D eigenvalue weighted by Crippen LogP contribution is 2.44. The van der Waals surface area contributed by atoms with Crippen molar-refractivity contribution in [3.63, 3.8) is 0 Å². The van der Waals surface area contributed by atoms with Crippen LogP contribution in [-0.4, -0.2) is 26.2 Å². The highest BCUT2D eigenvalue weighted by molar-refractivity contribution is 6.31. The normalized spacial score (nSPS) is 19.4. The summed E-state index contributed by atoms with van der Waals surface area (Å²) in [6, 6.07) is 12.8. The topological polar surface area (TPSA) is 45.7 Å². The Morgan fingerprint density at radius 2 is 2.12 bits per heavy atom. The van der Waals surface area contributed by atoms with Crippen LogP contribution in [0.4, 0.5) is 4.39 Å². The summed E-state index contributed by atoms with van der Waals surface area (Å²) in [7, 11) is 3.36. The third-order valence-electron chi connectivity index (χ3n) is 4.30. The van der Waals surface area contributed by atoms with Gasteiger partial charge in [-0.2, -0.15) is 0 Å². The van der Waals surface area contributed by atoms with Crippen molar-refractivity contribution in [1.29, 1.82) is 0 Å². The van der Waals surface area contributed by atoms with E-state index in [1.165, 1.54) is 6.07 Å². The molecule has 0 bridgehead atoms. The molecule has 1 saturated carbocycles. The summed E-state index contributed by atoms with van der Waals surface area (Å²) in [6.45, 7) is 0.620. The first-order valence-corrected chi connectivity index (χ1v) is 8.54. The van der Waals surface area contributed by atoms with E-state index in [-0.39, 0.29) is 17.8 Å². The second-order valence-corrected chi connectivity index (χ2v) is 6.41. The number of nitrogens with zero attached hydrogens (tertiary/aromatic N) is 1. The smallest absolute Gasteiger partial charge is 0.191 e. The molecule has 0 spiro atoms. The lowest BCUT2D eigenvalue weighted by molar-refractivity contribution is 0.414. The van der Waals surface area contributed by atoms with Crippen LogP contribution in [0.1, 0.15) is 23.5 Å². The van der Waals surface area contributed by atoms with Crippen LogP contribution >= 0.6 is 11.6 Å². The zero-order valence-corrected chi connectivity index (χ0v) is 15.0. The number of guanidine groups is 1. The molecular weight excluding hydrogens is 341 g/mol. The minimum atomic E-state index is -0.249. The van der Waals surface area contributed by atoms with Crippen LogP contribution in [0.2, 0.25) is 5.02 Å². The maximum atomic E-state index is 14.0. The van der Waals surface area contributed by atoms with Crippen molar-refractivity contribution in [2.45, 2.75) is 24.9 Å². The van der Waals surface area contributed by atoms with Crippen molar-refractivity contribution >= 4 is 17.6 Å². The molecule has 2 aromatic carbocycles. The van der Waals surface area contributed by atoms with E-state index in [1.807, 2.05) is 24.3 Å². The van der Waals surface area contributed by atoms with E-state index < -0.39 is 0 Å². The Hall–Kier alpha value is -2.27. The Morgan fingerprint density at radius 1 is 1.32 bits per heavy atom. The van der Waals surface area contributed by atoms with Gasteiger partial charge in [-0.1, -0.05) is 29.8 Å². The number of ether oxygens (including phenoxy) is 1. The first-order chi connectivity index (χ1) is 12.1. The van der Waals surface area contributed by atoms with E-state index in [1.54, 1.807) is 26.3 Å². The van der Waals surface area contributed by atoms with Crippen LogP contribution in [0.3, 0.4) is 0 Å². The lowest BCUT2D eigenvalue weighted by Gasteiger charge is -2.13. The number of rotatable bonds is 5. The number of hydrogen-bond acceptors (Lipinski definition) is 2. The fourth-order valence-corrected chi connectivity index (χ4v) is 3.18. The SMILES string of the molecule is CN=C(NCc1cccc(OC)c1)NC1CC1c1c(F)cccc1Cl. The van der Waals surface area contributed by atoms with Crippen molar-refractivity contribution in [2.75, 3.05) is 14.2 Å². The molecule has 0 saturated heterocycles. The number of benzene rings is 2. The number of aliphatic imine (C=N–C) groups is 1. The third-order valence-corrected chi connectivity index (χ3v) is 4.63. The monoisotopic (exact) mass is 361 g/mol. The molecule has 0 radical (unpaired) electrons. The second kappa shape index (κ2) is 7.74. The Balaban J connectivity index is 1.57. The molecule has 132 valence electrons. The molecule has 4 nitrogen and oxygen atoms in total. The van der Waals surface area contributed by atoms with Crippen molar-refractivity contribution in [2.24, 2.45) is 4.99 Å².